The Bertz CT molecular complexity index is 1100. The lowest BCUT2D eigenvalue weighted by Crippen LogP contribution is -2.38. The highest BCUT2D eigenvalue weighted by Gasteiger charge is 2.22. The molecule has 1 saturated heterocycles. The number of likely N-dealkylation sites (tertiary alicyclic amines) is 1. The molecule has 2 aromatic carbocycles. The lowest BCUT2D eigenvalue weighted by atomic mass is 10.0. The van der Waals surface area contributed by atoms with Crippen LogP contribution in [0.5, 0.6) is 11.5 Å². The summed E-state index contributed by atoms with van der Waals surface area (Å²) in [5.41, 5.74) is 2.04. The minimum atomic E-state index is -0.935. The Morgan fingerprint density at radius 1 is 1.18 bits per heavy atom. The molecule has 0 atom stereocenters. The summed E-state index contributed by atoms with van der Waals surface area (Å²) in [5, 5.41) is 13.5. The Balaban J connectivity index is 1.36. The molecule has 0 amide bonds. The number of carbonyl (C=O) groups is 1. The highest BCUT2D eigenvalue weighted by molar-refractivity contribution is 7.22. The van der Waals surface area contributed by atoms with Gasteiger partial charge in [0.15, 0.2) is 16.6 Å². The number of ether oxygens (including phenoxy) is 2. The molecule has 0 aliphatic carbocycles. The first-order chi connectivity index (χ1) is 16.0. The number of fused-ring (bicyclic) bond motifs is 1. The summed E-state index contributed by atoms with van der Waals surface area (Å²) in [4.78, 5) is 18.1. The average molecular weight is 474 g/mol. The van der Waals surface area contributed by atoms with Crippen LogP contribution in [0.15, 0.2) is 30.3 Å². The maximum absolute atomic E-state index is 14.5. The molecule has 0 bridgehead atoms. The fraction of sp³-hybridized carbons (Fsp3) is 0.417. The zero-order valence-corrected chi connectivity index (χ0v) is 19.6. The maximum atomic E-state index is 14.5. The Morgan fingerprint density at radius 3 is 2.45 bits per heavy atom. The summed E-state index contributed by atoms with van der Waals surface area (Å²) in [7, 11) is 0. The first-order valence-corrected chi connectivity index (χ1v) is 12.0. The van der Waals surface area contributed by atoms with E-state index >= 15 is 0 Å². The standard InChI is InChI=1S/C24H28FN3O4S/c1-3-31-19-11-15(12-20(22(19)25)32-4-2)14-28-9-7-17(8-10-28)26-24-27-18-6-5-16(23(29)30)13-21(18)33-24/h5-6,11-13,17H,3-4,7-10,14H2,1-2H3,(H,26,27)(H,29,30). The number of carboxylic acid groups (broad SMARTS) is 1. The number of anilines is 1. The molecular weight excluding hydrogens is 445 g/mol. The highest BCUT2D eigenvalue weighted by Crippen LogP contribution is 2.31. The molecular formula is C24H28FN3O4S. The van der Waals surface area contributed by atoms with Crippen LogP contribution in [0, 0.1) is 5.82 Å². The van der Waals surface area contributed by atoms with Crippen LogP contribution < -0.4 is 14.8 Å². The topological polar surface area (TPSA) is 83.9 Å². The number of nitrogens with one attached hydrogen (secondary N) is 1. The SMILES string of the molecule is CCOc1cc(CN2CCC(Nc3nc4ccc(C(=O)O)cc4s3)CC2)cc(OCC)c1F. The van der Waals surface area contributed by atoms with E-state index in [1.54, 1.807) is 30.3 Å². The lowest BCUT2D eigenvalue weighted by Gasteiger charge is -2.32. The molecule has 2 N–H and O–H groups in total. The van der Waals surface area contributed by atoms with E-state index in [0.717, 1.165) is 46.8 Å². The Morgan fingerprint density at radius 2 is 1.85 bits per heavy atom. The van der Waals surface area contributed by atoms with E-state index in [1.807, 2.05) is 13.8 Å². The van der Waals surface area contributed by atoms with E-state index in [-0.39, 0.29) is 17.1 Å². The molecule has 33 heavy (non-hydrogen) atoms. The Hall–Kier alpha value is -2.91. The molecule has 1 aliphatic heterocycles. The minimum Gasteiger partial charge on any atom is -0.491 e. The summed E-state index contributed by atoms with van der Waals surface area (Å²) in [6.07, 6.45) is 1.91. The quantitative estimate of drug-likeness (QED) is 0.452. The predicted octanol–water partition coefficient (Wildman–Crippen LogP) is 5.01. The number of aromatic carboxylic acids is 1. The number of thiazole rings is 1. The molecule has 1 aliphatic rings. The first-order valence-electron chi connectivity index (χ1n) is 11.2. The van der Waals surface area contributed by atoms with Crippen molar-refractivity contribution < 1.29 is 23.8 Å². The fourth-order valence-corrected chi connectivity index (χ4v) is 5.01. The van der Waals surface area contributed by atoms with Crippen LogP contribution in [0.3, 0.4) is 0 Å². The van der Waals surface area contributed by atoms with Gasteiger partial charge < -0.3 is 19.9 Å². The summed E-state index contributed by atoms with van der Waals surface area (Å²) in [6.45, 7) is 6.96. The predicted molar refractivity (Wildman–Crippen MR) is 127 cm³/mol. The van der Waals surface area contributed by atoms with Crippen molar-refractivity contribution >= 4 is 32.7 Å². The van der Waals surface area contributed by atoms with Crippen molar-refractivity contribution in [3.8, 4) is 11.5 Å². The Labute approximate surface area is 196 Å². The van der Waals surface area contributed by atoms with Gasteiger partial charge in [-0.05, 0) is 62.6 Å². The third-order valence-corrected chi connectivity index (χ3v) is 6.57. The lowest BCUT2D eigenvalue weighted by molar-refractivity contribution is 0.0697. The molecule has 0 spiro atoms. The molecule has 4 rings (SSSR count). The average Bonchev–Trinajstić information content (AvgIpc) is 3.20. The second-order valence-electron chi connectivity index (χ2n) is 7.97. The van der Waals surface area contributed by atoms with Gasteiger partial charge in [0, 0.05) is 25.7 Å². The van der Waals surface area contributed by atoms with E-state index in [9.17, 15) is 14.3 Å². The van der Waals surface area contributed by atoms with Crippen molar-refractivity contribution in [1.29, 1.82) is 0 Å². The van der Waals surface area contributed by atoms with Crippen molar-refractivity contribution in [2.24, 2.45) is 0 Å². The number of hydrogen-bond donors (Lipinski definition) is 2. The van der Waals surface area contributed by atoms with Crippen molar-refractivity contribution in [3.63, 3.8) is 0 Å². The smallest absolute Gasteiger partial charge is 0.335 e. The van der Waals surface area contributed by atoms with Crippen LogP contribution in [-0.2, 0) is 6.54 Å². The molecule has 9 heteroatoms. The summed E-state index contributed by atoms with van der Waals surface area (Å²) < 4.78 is 26.3. The molecule has 2 heterocycles. The van der Waals surface area contributed by atoms with Crippen LogP contribution >= 0.6 is 11.3 Å². The molecule has 7 nitrogen and oxygen atoms in total. The van der Waals surface area contributed by atoms with Crippen molar-refractivity contribution in [3.05, 3.63) is 47.3 Å². The largest absolute Gasteiger partial charge is 0.491 e. The summed E-state index contributed by atoms with van der Waals surface area (Å²) in [6, 6.07) is 8.82. The molecule has 0 radical (unpaired) electrons. The van der Waals surface area contributed by atoms with Crippen LogP contribution in [0.4, 0.5) is 9.52 Å². The third kappa shape index (κ3) is 5.54. The highest BCUT2D eigenvalue weighted by atomic mass is 32.1. The first kappa shape index (κ1) is 23.3. The van der Waals surface area contributed by atoms with Crippen molar-refractivity contribution in [1.82, 2.24) is 9.88 Å². The number of carboxylic acids is 1. The van der Waals surface area contributed by atoms with E-state index in [2.05, 4.69) is 15.2 Å². The summed E-state index contributed by atoms with van der Waals surface area (Å²) in [5.74, 6) is -0.916. The number of benzene rings is 2. The monoisotopic (exact) mass is 473 g/mol. The normalized spacial score (nSPS) is 15.0. The number of hydrogen-bond acceptors (Lipinski definition) is 7. The van der Waals surface area contributed by atoms with Crippen LogP contribution in [0.2, 0.25) is 0 Å². The van der Waals surface area contributed by atoms with Gasteiger partial charge in [0.2, 0.25) is 5.82 Å². The second kappa shape index (κ2) is 10.4. The van der Waals surface area contributed by atoms with E-state index in [1.165, 1.54) is 11.3 Å². The van der Waals surface area contributed by atoms with Crippen LogP contribution in [-0.4, -0.2) is 53.3 Å². The zero-order valence-electron chi connectivity index (χ0n) is 18.8. The molecule has 176 valence electrons. The van der Waals surface area contributed by atoms with Crippen LogP contribution in [0.1, 0.15) is 42.6 Å². The van der Waals surface area contributed by atoms with Crippen LogP contribution in [0.25, 0.3) is 10.2 Å². The van der Waals surface area contributed by atoms with Crippen molar-refractivity contribution in [2.45, 2.75) is 39.3 Å². The molecule has 3 aromatic rings. The van der Waals surface area contributed by atoms with Gasteiger partial charge >= 0.3 is 5.97 Å². The van der Waals surface area contributed by atoms with Gasteiger partial charge in [0.05, 0.1) is 29.0 Å². The number of piperidine rings is 1. The van der Waals surface area contributed by atoms with Crippen molar-refractivity contribution in [2.75, 3.05) is 31.6 Å². The van der Waals surface area contributed by atoms with Gasteiger partial charge in [-0.15, -0.1) is 0 Å². The number of rotatable bonds is 9. The van der Waals surface area contributed by atoms with E-state index < -0.39 is 11.8 Å². The molecule has 1 aromatic heterocycles. The van der Waals surface area contributed by atoms with Gasteiger partial charge in [-0.25, -0.2) is 9.78 Å². The summed E-state index contributed by atoms with van der Waals surface area (Å²) >= 11 is 1.48. The zero-order chi connectivity index (χ0) is 23.4. The molecule has 0 unspecified atom stereocenters. The second-order valence-corrected chi connectivity index (χ2v) is 9.00. The van der Waals surface area contributed by atoms with Gasteiger partial charge in [-0.1, -0.05) is 11.3 Å². The van der Waals surface area contributed by atoms with Gasteiger partial charge in [-0.2, -0.15) is 4.39 Å². The molecule has 0 saturated carbocycles. The van der Waals surface area contributed by atoms with E-state index in [0.29, 0.717) is 25.8 Å². The fourth-order valence-electron chi connectivity index (χ4n) is 4.03. The minimum absolute atomic E-state index is 0.233. The third-order valence-electron chi connectivity index (χ3n) is 5.62. The number of halogens is 1. The number of nitrogens with zero attached hydrogens (tertiary/aromatic N) is 2. The van der Waals surface area contributed by atoms with Gasteiger partial charge in [-0.3, -0.25) is 4.90 Å². The van der Waals surface area contributed by atoms with Gasteiger partial charge in [0.1, 0.15) is 0 Å². The Kier molecular flexibility index (Phi) is 7.29. The van der Waals surface area contributed by atoms with Gasteiger partial charge in [0.25, 0.3) is 0 Å². The molecule has 1 fully saturated rings. The maximum Gasteiger partial charge on any atom is 0.335 e. The number of aromatic nitrogens is 1. The van der Waals surface area contributed by atoms with E-state index in [4.69, 9.17) is 9.47 Å².